The van der Waals surface area contributed by atoms with Crippen molar-refractivity contribution in [2.45, 2.75) is 39.5 Å². The van der Waals surface area contributed by atoms with Gasteiger partial charge in [-0.1, -0.05) is 19.1 Å². The summed E-state index contributed by atoms with van der Waals surface area (Å²) in [7, 11) is 0. The van der Waals surface area contributed by atoms with E-state index >= 15 is 0 Å². The summed E-state index contributed by atoms with van der Waals surface area (Å²) in [6.07, 6.45) is 7.80. The van der Waals surface area contributed by atoms with Crippen LogP contribution in [0.15, 0.2) is 12.2 Å². The van der Waals surface area contributed by atoms with Crippen molar-refractivity contribution in [1.29, 1.82) is 0 Å². The zero-order valence-corrected chi connectivity index (χ0v) is 8.01. The van der Waals surface area contributed by atoms with Crippen molar-refractivity contribution in [2.75, 3.05) is 6.61 Å². The molecule has 0 amide bonds. The molecule has 12 heavy (non-hydrogen) atoms. The average Bonchev–Trinajstić information content (AvgIpc) is 2.10. The van der Waals surface area contributed by atoms with Gasteiger partial charge in [-0.2, -0.15) is 0 Å². The molecule has 0 heterocycles. The van der Waals surface area contributed by atoms with Crippen LogP contribution >= 0.6 is 0 Å². The maximum atomic E-state index is 10.7. The largest absolute Gasteiger partial charge is 0.466 e. The van der Waals surface area contributed by atoms with E-state index in [1.54, 1.807) is 0 Å². The van der Waals surface area contributed by atoms with E-state index in [9.17, 15) is 4.79 Å². The molecule has 0 aromatic rings. The summed E-state index contributed by atoms with van der Waals surface area (Å²) >= 11 is 0. The van der Waals surface area contributed by atoms with E-state index < -0.39 is 0 Å². The topological polar surface area (TPSA) is 26.3 Å². The van der Waals surface area contributed by atoms with Gasteiger partial charge in [-0.25, -0.2) is 0 Å². The monoisotopic (exact) mass is 170 g/mol. The van der Waals surface area contributed by atoms with Gasteiger partial charge in [0.1, 0.15) is 0 Å². The van der Waals surface area contributed by atoms with Crippen LogP contribution in [0.5, 0.6) is 0 Å². The lowest BCUT2D eigenvalue weighted by molar-refractivity contribution is -0.143. The van der Waals surface area contributed by atoms with Crippen LogP contribution < -0.4 is 0 Å². The maximum absolute atomic E-state index is 10.7. The van der Waals surface area contributed by atoms with Crippen molar-refractivity contribution in [3.05, 3.63) is 12.2 Å². The first-order valence-electron chi connectivity index (χ1n) is 4.58. The molecule has 0 saturated carbocycles. The zero-order valence-electron chi connectivity index (χ0n) is 8.01. The molecule has 0 spiro atoms. The Labute approximate surface area is 74.6 Å². The van der Waals surface area contributed by atoms with Crippen molar-refractivity contribution >= 4 is 5.97 Å². The van der Waals surface area contributed by atoms with Gasteiger partial charge < -0.3 is 4.74 Å². The van der Waals surface area contributed by atoms with Crippen molar-refractivity contribution in [2.24, 2.45) is 0 Å². The number of rotatable bonds is 6. The van der Waals surface area contributed by atoms with Crippen LogP contribution in [0.25, 0.3) is 0 Å². The summed E-state index contributed by atoms with van der Waals surface area (Å²) in [5.41, 5.74) is 0. The predicted octanol–water partition coefficient (Wildman–Crippen LogP) is 2.69. The highest BCUT2D eigenvalue weighted by Gasteiger charge is 1.95. The van der Waals surface area contributed by atoms with Crippen LogP contribution in [-0.4, -0.2) is 12.6 Å². The highest BCUT2D eigenvalue weighted by Crippen LogP contribution is 1.97. The van der Waals surface area contributed by atoms with Crippen molar-refractivity contribution in [1.82, 2.24) is 0 Å². The van der Waals surface area contributed by atoms with Crippen LogP contribution in [0.2, 0.25) is 0 Å². The highest BCUT2D eigenvalue weighted by molar-refractivity contribution is 5.68. The van der Waals surface area contributed by atoms with E-state index in [-0.39, 0.29) is 5.97 Å². The Morgan fingerprint density at radius 2 is 2.17 bits per heavy atom. The molecule has 0 atom stereocenters. The number of esters is 1. The second kappa shape index (κ2) is 8.31. The summed E-state index contributed by atoms with van der Waals surface area (Å²) in [4.78, 5) is 10.7. The van der Waals surface area contributed by atoms with E-state index in [0.29, 0.717) is 13.0 Å². The number of ether oxygens (including phenoxy) is 1. The smallest absolute Gasteiger partial charge is 0.305 e. The Hall–Kier alpha value is -0.790. The number of unbranched alkanes of at least 4 members (excludes halogenated alkanes) is 2. The van der Waals surface area contributed by atoms with E-state index in [2.05, 4.69) is 6.08 Å². The third-order valence-electron chi connectivity index (χ3n) is 1.55. The van der Waals surface area contributed by atoms with Gasteiger partial charge >= 0.3 is 5.97 Å². The molecule has 2 nitrogen and oxygen atoms in total. The van der Waals surface area contributed by atoms with Crippen LogP contribution in [0.4, 0.5) is 0 Å². The molecule has 0 aromatic carbocycles. The van der Waals surface area contributed by atoms with Gasteiger partial charge in [0.2, 0.25) is 0 Å². The molecular formula is C10H18O2. The Balaban J connectivity index is 3.05. The first kappa shape index (κ1) is 11.2. The second-order valence-corrected chi connectivity index (χ2v) is 2.64. The maximum Gasteiger partial charge on any atom is 0.305 e. The lowest BCUT2D eigenvalue weighted by Crippen LogP contribution is -2.03. The zero-order chi connectivity index (χ0) is 9.23. The third kappa shape index (κ3) is 7.32. The predicted molar refractivity (Wildman–Crippen MR) is 49.9 cm³/mol. The third-order valence-corrected chi connectivity index (χ3v) is 1.55. The second-order valence-electron chi connectivity index (χ2n) is 2.64. The molecular weight excluding hydrogens is 152 g/mol. The number of allylic oxidation sites excluding steroid dienone is 2. The molecule has 2 heteroatoms. The average molecular weight is 170 g/mol. The van der Waals surface area contributed by atoms with Crippen molar-refractivity contribution in [3.63, 3.8) is 0 Å². The van der Waals surface area contributed by atoms with Crippen LogP contribution in [0.3, 0.4) is 0 Å². The quantitative estimate of drug-likeness (QED) is 0.348. The highest BCUT2D eigenvalue weighted by atomic mass is 16.5. The lowest BCUT2D eigenvalue weighted by atomic mass is 10.2. The molecule has 0 aliphatic heterocycles. The molecule has 0 radical (unpaired) electrons. The fraction of sp³-hybridized carbons (Fsp3) is 0.700. The van der Waals surface area contributed by atoms with E-state index in [1.807, 2.05) is 19.9 Å². The minimum atomic E-state index is -0.0963. The van der Waals surface area contributed by atoms with Crippen LogP contribution in [-0.2, 0) is 9.53 Å². The first-order valence-corrected chi connectivity index (χ1v) is 4.58. The van der Waals surface area contributed by atoms with Gasteiger partial charge in [-0.3, -0.25) is 4.79 Å². The summed E-state index contributed by atoms with van der Waals surface area (Å²) in [5.74, 6) is -0.0963. The van der Waals surface area contributed by atoms with Crippen LogP contribution in [0.1, 0.15) is 39.5 Å². The number of hydrogen-bond donors (Lipinski definition) is 0. The number of hydrogen-bond acceptors (Lipinski definition) is 2. The SMILES string of the molecule is CC=CCCCCOC(=O)CC. The molecule has 0 unspecified atom stereocenters. The molecule has 0 aliphatic rings. The lowest BCUT2D eigenvalue weighted by Gasteiger charge is -2.00. The van der Waals surface area contributed by atoms with Gasteiger partial charge in [-0.05, 0) is 26.2 Å². The normalized spacial score (nSPS) is 10.5. The first-order chi connectivity index (χ1) is 5.81. The Morgan fingerprint density at radius 3 is 2.75 bits per heavy atom. The van der Waals surface area contributed by atoms with Crippen LogP contribution in [0, 0.1) is 0 Å². The van der Waals surface area contributed by atoms with Crippen molar-refractivity contribution < 1.29 is 9.53 Å². The Kier molecular flexibility index (Phi) is 7.76. The fourth-order valence-corrected chi connectivity index (χ4v) is 0.819. The molecule has 0 rings (SSSR count). The standard InChI is InChI=1S/C10H18O2/c1-3-5-6-7-8-9-12-10(11)4-2/h3,5H,4,6-9H2,1-2H3. The van der Waals surface area contributed by atoms with Gasteiger partial charge in [0.25, 0.3) is 0 Å². The van der Waals surface area contributed by atoms with Gasteiger partial charge in [0.15, 0.2) is 0 Å². The molecule has 70 valence electrons. The Morgan fingerprint density at radius 1 is 1.42 bits per heavy atom. The molecule has 0 N–H and O–H groups in total. The summed E-state index contributed by atoms with van der Waals surface area (Å²) in [6.45, 7) is 4.39. The number of carbonyl (C=O) groups is 1. The minimum absolute atomic E-state index is 0.0963. The molecule has 0 fully saturated rings. The van der Waals surface area contributed by atoms with E-state index in [4.69, 9.17) is 4.74 Å². The van der Waals surface area contributed by atoms with Gasteiger partial charge in [0.05, 0.1) is 6.61 Å². The van der Waals surface area contributed by atoms with Gasteiger partial charge in [0, 0.05) is 6.42 Å². The van der Waals surface area contributed by atoms with Gasteiger partial charge in [-0.15, -0.1) is 0 Å². The Bertz CT molecular complexity index is 139. The molecule has 0 saturated heterocycles. The molecule has 0 bridgehead atoms. The summed E-state index contributed by atoms with van der Waals surface area (Å²) < 4.78 is 4.91. The fourth-order valence-electron chi connectivity index (χ4n) is 0.819. The summed E-state index contributed by atoms with van der Waals surface area (Å²) in [5, 5.41) is 0. The minimum Gasteiger partial charge on any atom is -0.466 e. The molecule has 0 aromatic heterocycles. The molecule has 0 aliphatic carbocycles. The summed E-state index contributed by atoms with van der Waals surface area (Å²) in [6, 6.07) is 0. The van der Waals surface area contributed by atoms with E-state index in [1.165, 1.54) is 0 Å². The van der Waals surface area contributed by atoms with E-state index in [0.717, 1.165) is 19.3 Å². The number of carbonyl (C=O) groups excluding carboxylic acids is 1. The van der Waals surface area contributed by atoms with Crippen molar-refractivity contribution in [3.8, 4) is 0 Å².